The summed E-state index contributed by atoms with van der Waals surface area (Å²) in [5, 5.41) is 10.8. The molecular formula is C12H11ClO2S. The van der Waals surface area contributed by atoms with E-state index in [9.17, 15) is 4.79 Å². The number of fused-ring (bicyclic) bond motifs is 1. The minimum Gasteiger partial charge on any atom is -0.477 e. The van der Waals surface area contributed by atoms with Gasteiger partial charge in [0.1, 0.15) is 4.88 Å². The molecule has 1 heterocycles. The summed E-state index contributed by atoms with van der Waals surface area (Å²) in [6, 6.07) is 5.60. The molecule has 0 spiro atoms. The van der Waals surface area contributed by atoms with Crippen LogP contribution in [-0.4, -0.2) is 11.1 Å². The third kappa shape index (κ3) is 1.81. The van der Waals surface area contributed by atoms with Gasteiger partial charge >= 0.3 is 5.97 Å². The number of thiophene rings is 1. The zero-order valence-electron chi connectivity index (χ0n) is 8.79. The Bertz CT molecular complexity index is 545. The number of hydrogen-bond donors (Lipinski definition) is 1. The standard InChI is InChI=1S/C12H11ClO2S/c1-2-4-7-8-5-3-6-9(13)10(8)16-11(7)12(14)15/h3,5-6H,2,4H2,1H3,(H,14,15). The lowest BCUT2D eigenvalue weighted by molar-refractivity contribution is 0.0701. The molecule has 4 heteroatoms. The Morgan fingerprint density at radius 1 is 1.50 bits per heavy atom. The lowest BCUT2D eigenvalue weighted by Crippen LogP contribution is -1.97. The number of carbonyl (C=O) groups is 1. The molecule has 1 N–H and O–H groups in total. The zero-order chi connectivity index (χ0) is 11.7. The smallest absolute Gasteiger partial charge is 0.346 e. The van der Waals surface area contributed by atoms with Gasteiger partial charge in [-0.25, -0.2) is 4.79 Å². The molecule has 0 bridgehead atoms. The van der Waals surface area contributed by atoms with E-state index in [1.807, 2.05) is 19.1 Å². The van der Waals surface area contributed by atoms with Gasteiger partial charge in [-0.3, -0.25) is 0 Å². The van der Waals surface area contributed by atoms with E-state index in [4.69, 9.17) is 16.7 Å². The van der Waals surface area contributed by atoms with Crippen molar-refractivity contribution < 1.29 is 9.90 Å². The number of halogens is 1. The molecule has 1 aromatic carbocycles. The lowest BCUT2D eigenvalue weighted by Gasteiger charge is -1.98. The van der Waals surface area contributed by atoms with Crippen LogP contribution in [0.2, 0.25) is 5.02 Å². The van der Waals surface area contributed by atoms with Crippen molar-refractivity contribution in [3.63, 3.8) is 0 Å². The fourth-order valence-electron chi connectivity index (χ4n) is 1.81. The van der Waals surface area contributed by atoms with Crippen LogP contribution in [0.15, 0.2) is 18.2 Å². The minimum absolute atomic E-state index is 0.421. The van der Waals surface area contributed by atoms with Crippen LogP contribution in [-0.2, 0) is 6.42 Å². The largest absolute Gasteiger partial charge is 0.477 e. The highest BCUT2D eigenvalue weighted by Gasteiger charge is 2.17. The molecule has 16 heavy (non-hydrogen) atoms. The average Bonchev–Trinajstić information content (AvgIpc) is 2.60. The van der Waals surface area contributed by atoms with Crippen molar-refractivity contribution in [1.82, 2.24) is 0 Å². The highest BCUT2D eigenvalue weighted by Crippen LogP contribution is 2.36. The number of aryl methyl sites for hydroxylation is 1. The maximum atomic E-state index is 11.1. The van der Waals surface area contributed by atoms with Crippen LogP contribution in [0.4, 0.5) is 0 Å². The third-order valence-electron chi connectivity index (χ3n) is 2.46. The van der Waals surface area contributed by atoms with Crippen LogP contribution < -0.4 is 0 Å². The molecule has 84 valence electrons. The Kier molecular flexibility index (Phi) is 3.17. The summed E-state index contributed by atoms with van der Waals surface area (Å²) in [6.45, 7) is 2.04. The van der Waals surface area contributed by atoms with Gasteiger partial charge in [-0.2, -0.15) is 0 Å². The van der Waals surface area contributed by atoms with Crippen molar-refractivity contribution in [3.05, 3.63) is 33.7 Å². The number of benzene rings is 1. The second-order valence-corrected chi connectivity index (χ2v) is 5.01. The maximum absolute atomic E-state index is 11.1. The Balaban J connectivity index is 2.75. The van der Waals surface area contributed by atoms with Crippen molar-refractivity contribution in [1.29, 1.82) is 0 Å². The monoisotopic (exact) mass is 254 g/mol. The number of carboxylic acids is 1. The van der Waals surface area contributed by atoms with Gasteiger partial charge in [0.25, 0.3) is 0 Å². The summed E-state index contributed by atoms with van der Waals surface area (Å²) in [5.74, 6) is -0.860. The molecule has 0 aliphatic heterocycles. The summed E-state index contributed by atoms with van der Waals surface area (Å²) >= 11 is 7.33. The molecule has 0 saturated carbocycles. The number of carboxylic acid groups (broad SMARTS) is 1. The quantitative estimate of drug-likeness (QED) is 0.891. The van der Waals surface area contributed by atoms with E-state index >= 15 is 0 Å². The summed E-state index contributed by atoms with van der Waals surface area (Å²) in [6.07, 6.45) is 1.71. The molecule has 2 rings (SSSR count). The van der Waals surface area contributed by atoms with Crippen LogP contribution in [0.1, 0.15) is 28.6 Å². The Hall–Kier alpha value is -1.06. The van der Waals surface area contributed by atoms with Crippen LogP contribution in [0.3, 0.4) is 0 Å². The number of aromatic carboxylic acids is 1. The van der Waals surface area contributed by atoms with Crippen molar-refractivity contribution in [2.75, 3.05) is 0 Å². The second-order valence-electron chi connectivity index (χ2n) is 3.58. The van der Waals surface area contributed by atoms with E-state index in [1.54, 1.807) is 6.07 Å². The maximum Gasteiger partial charge on any atom is 0.346 e. The zero-order valence-corrected chi connectivity index (χ0v) is 10.4. The third-order valence-corrected chi connectivity index (χ3v) is 4.16. The van der Waals surface area contributed by atoms with Crippen LogP contribution in [0.25, 0.3) is 10.1 Å². The average molecular weight is 255 g/mol. The topological polar surface area (TPSA) is 37.3 Å². The summed E-state index contributed by atoms with van der Waals surface area (Å²) in [5.41, 5.74) is 0.914. The van der Waals surface area contributed by atoms with E-state index in [0.29, 0.717) is 9.90 Å². The Morgan fingerprint density at radius 2 is 2.25 bits per heavy atom. The normalized spacial score (nSPS) is 10.9. The summed E-state index contributed by atoms with van der Waals surface area (Å²) in [4.78, 5) is 11.6. The molecular weight excluding hydrogens is 244 g/mol. The first kappa shape index (κ1) is 11.4. The van der Waals surface area contributed by atoms with Crippen LogP contribution >= 0.6 is 22.9 Å². The van der Waals surface area contributed by atoms with E-state index < -0.39 is 5.97 Å². The van der Waals surface area contributed by atoms with Crippen molar-refractivity contribution >= 4 is 39.0 Å². The molecule has 0 amide bonds. The fraction of sp³-hybridized carbons (Fsp3) is 0.250. The number of hydrogen-bond acceptors (Lipinski definition) is 2. The van der Waals surface area contributed by atoms with Gasteiger partial charge in [-0.15, -0.1) is 11.3 Å². The minimum atomic E-state index is -0.860. The van der Waals surface area contributed by atoms with Gasteiger partial charge in [0, 0.05) is 0 Å². The molecule has 0 aliphatic carbocycles. The van der Waals surface area contributed by atoms with E-state index in [2.05, 4.69) is 0 Å². The molecule has 0 saturated heterocycles. The summed E-state index contributed by atoms with van der Waals surface area (Å²) in [7, 11) is 0. The van der Waals surface area contributed by atoms with E-state index in [0.717, 1.165) is 28.5 Å². The predicted molar refractivity (Wildman–Crippen MR) is 67.8 cm³/mol. The molecule has 0 aliphatic rings. The number of rotatable bonds is 3. The first-order valence-electron chi connectivity index (χ1n) is 5.08. The van der Waals surface area contributed by atoms with Crippen LogP contribution in [0, 0.1) is 0 Å². The van der Waals surface area contributed by atoms with Crippen molar-refractivity contribution in [2.45, 2.75) is 19.8 Å². The van der Waals surface area contributed by atoms with Gasteiger partial charge in [0.05, 0.1) is 9.72 Å². The molecule has 0 atom stereocenters. The second kappa shape index (κ2) is 4.44. The van der Waals surface area contributed by atoms with Crippen molar-refractivity contribution in [2.24, 2.45) is 0 Å². The first-order chi connectivity index (χ1) is 7.65. The highest BCUT2D eigenvalue weighted by molar-refractivity contribution is 7.21. The van der Waals surface area contributed by atoms with Gasteiger partial charge in [0.15, 0.2) is 0 Å². The summed E-state index contributed by atoms with van der Waals surface area (Å²) < 4.78 is 0.880. The molecule has 0 unspecified atom stereocenters. The van der Waals surface area contributed by atoms with Gasteiger partial charge in [-0.1, -0.05) is 37.1 Å². The predicted octanol–water partition coefficient (Wildman–Crippen LogP) is 4.21. The molecule has 2 aromatic rings. The molecule has 0 fully saturated rings. The van der Waals surface area contributed by atoms with Crippen LogP contribution in [0.5, 0.6) is 0 Å². The highest BCUT2D eigenvalue weighted by atomic mass is 35.5. The van der Waals surface area contributed by atoms with E-state index in [-0.39, 0.29) is 0 Å². The van der Waals surface area contributed by atoms with Crippen molar-refractivity contribution in [3.8, 4) is 0 Å². The molecule has 2 nitrogen and oxygen atoms in total. The van der Waals surface area contributed by atoms with Gasteiger partial charge in [0.2, 0.25) is 0 Å². The lowest BCUT2D eigenvalue weighted by atomic mass is 10.1. The Morgan fingerprint density at radius 3 is 2.88 bits per heavy atom. The van der Waals surface area contributed by atoms with E-state index in [1.165, 1.54) is 11.3 Å². The SMILES string of the molecule is CCCc1c(C(=O)O)sc2c(Cl)cccc12. The molecule has 1 aromatic heterocycles. The Labute approximate surface area is 102 Å². The first-order valence-corrected chi connectivity index (χ1v) is 6.27. The fourth-order valence-corrected chi connectivity index (χ4v) is 3.19. The van der Waals surface area contributed by atoms with Gasteiger partial charge < -0.3 is 5.11 Å². The molecule has 0 radical (unpaired) electrons. The van der Waals surface area contributed by atoms with Gasteiger partial charge in [-0.05, 0) is 23.4 Å².